The van der Waals surface area contributed by atoms with Crippen molar-refractivity contribution in [1.29, 1.82) is 0 Å². The van der Waals surface area contributed by atoms with Crippen LogP contribution in [0.25, 0.3) is 0 Å². The van der Waals surface area contributed by atoms with Crippen LogP contribution >= 0.6 is 15.9 Å². The molecule has 0 bridgehead atoms. The van der Waals surface area contributed by atoms with Gasteiger partial charge in [0, 0.05) is 12.6 Å². The number of para-hydroxylation sites is 1. The predicted octanol–water partition coefficient (Wildman–Crippen LogP) is 2.95. The summed E-state index contributed by atoms with van der Waals surface area (Å²) in [7, 11) is 0. The fraction of sp³-hybridized carbons (Fsp3) is 0.214. The van der Waals surface area contributed by atoms with Gasteiger partial charge in [0.15, 0.2) is 0 Å². The largest absolute Gasteiger partial charge is 0.488 e. The van der Waals surface area contributed by atoms with Gasteiger partial charge in [0.1, 0.15) is 11.9 Å². The average Bonchev–Trinajstić information content (AvgIpc) is 2.93. The first-order valence-corrected chi connectivity index (χ1v) is 6.76. The number of hydrogen-bond acceptors (Lipinski definition) is 2. The van der Waals surface area contributed by atoms with Crippen molar-refractivity contribution in [2.75, 3.05) is 0 Å². The van der Waals surface area contributed by atoms with Crippen LogP contribution in [0.5, 0.6) is 5.75 Å². The van der Waals surface area contributed by atoms with Gasteiger partial charge in [-0.2, -0.15) is 0 Å². The zero-order chi connectivity index (χ0) is 13.4. The van der Waals surface area contributed by atoms with Gasteiger partial charge >= 0.3 is 5.97 Å². The first kappa shape index (κ1) is 12.3. The highest BCUT2D eigenvalue weighted by atomic mass is 79.9. The molecule has 2 heterocycles. The van der Waals surface area contributed by atoms with Crippen LogP contribution < -0.4 is 4.74 Å². The number of fused-ring (bicyclic) bond motifs is 1. The number of carboxylic acids is 1. The number of hydrogen-bond donors (Lipinski definition) is 1. The Morgan fingerprint density at radius 3 is 2.95 bits per heavy atom. The number of rotatable bonds is 3. The summed E-state index contributed by atoms with van der Waals surface area (Å²) in [5, 5.41) is 8.96. The fourth-order valence-corrected chi connectivity index (χ4v) is 2.80. The number of carboxylic acid groups (broad SMARTS) is 1. The molecule has 3 rings (SSSR count). The molecule has 0 saturated carbocycles. The topological polar surface area (TPSA) is 51.5 Å². The molecule has 19 heavy (non-hydrogen) atoms. The Bertz CT molecular complexity index is 610. The highest BCUT2D eigenvalue weighted by Crippen LogP contribution is 2.29. The van der Waals surface area contributed by atoms with E-state index in [4.69, 9.17) is 9.84 Å². The lowest BCUT2D eigenvalue weighted by molar-refractivity contribution is 0.0696. The van der Waals surface area contributed by atoms with Gasteiger partial charge in [0.2, 0.25) is 0 Å². The number of aromatic carboxylic acids is 1. The van der Waals surface area contributed by atoms with Crippen LogP contribution in [-0.2, 0) is 13.0 Å². The van der Waals surface area contributed by atoms with Crippen molar-refractivity contribution in [2.24, 2.45) is 0 Å². The molecular weight excluding hydrogens is 310 g/mol. The van der Waals surface area contributed by atoms with E-state index in [1.54, 1.807) is 12.3 Å². The van der Waals surface area contributed by atoms with Crippen LogP contribution in [0.3, 0.4) is 0 Å². The molecular formula is C14H12BrNO3. The minimum atomic E-state index is -0.921. The molecule has 4 nitrogen and oxygen atoms in total. The Labute approximate surface area is 118 Å². The molecule has 1 atom stereocenters. The van der Waals surface area contributed by atoms with E-state index in [0.29, 0.717) is 6.54 Å². The van der Waals surface area contributed by atoms with E-state index in [2.05, 4.69) is 22.0 Å². The van der Waals surface area contributed by atoms with Crippen LogP contribution in [-0.4, -0.2) is 21.7 Å². The van der Waals surface area contributed by atoms with Crippen molar-refractivity contribution in [3.05, 3.63) is 52.3 Å². The monoisotopic (exact) mass is 321 g/mol. The highest BCUT2D eigenvalue weighted by Gasteiger charge is 2.23. The second kappa shape index (κ2) is 4.74. The quantitative estimate of drug-likeness (QED) is 0.945. The van der Waals surface area contributed by atoms with Crippen LogP contribution in [0.15, 0.2) is 41.1 Å². The van der Waals surface area contributed by atoms with Crippen LogP contribution in [0.2, 0.25) is 0 Å². The molecule has 1 aromatic heterocycles. The lowest BCUT2D eigenvalue weighted by Gasteiger charge is -2.12. The molecule has 1 aliphatic heterocycles. The van der Waals surface area contributed by atoms with Gasteiger partial charge in [0.05, 0.1) is 16.7 Å². The Hall–Kier alpha value is -1.75. The Morgan fingerprint density at radius 1 is 1.47 bits per heavy atom. The lowest BCUT2D eigenvalue weighted by Crippen LogP contribution is -2.20. The number of benzene rings is 1. The molecule has 0 radical (unpaired) electrons. The molecule has 0 fully saturated rings. The van der Waals surface area contributed by atoms with Crippen molar-refractivity contribution >= 4 is 21.9 Å². The van der Waals surface area contributed by atoms with Gasteiger partial charge in [-0.1, -0.05) is 18.2 Å². The van der Waals surface area contributed by atoms with Gasteiger partial charge < -0.3 is 14.4 Å². The summed E-state index contributed by atoms with van der Waals surface area (Å²) in [4.78, 5) is 10.9. The Kier molecular flexibility index (Phi) is 3.06. The van der Waals surface area contributed by atoms with E-state index in [9.17, 15) is 4.79 Å². The molecule has 1 aliphatic rings. The van der Waals surface area contributed by atoms with E-state index in [0.717, 1.165) is 16.8 Å². The van der Waals surface area contributed by atoms with Gasteiger partial charge in [0.25, 0.3) is 0 Å². The zero-order valence-electron chi connectivity index (χ0n) is 10.0. The van der Waals surface area contributed by atoms with Crippen LogP contribution in [0.1, 0.15) is 15.9 Å². The van der Waals surface area contributed by atoms with Crippen molar-refractivity contribution in [3.63, 3.8) is 0 Å². The third kappa shape index (κ3) is 2.38. The van der Waals surface area contributed by atoms with Crippen LogP contribution in [0.4, 0.5) is 0 Å². The molecule has 5 heteroatoms. The minimum Gasteiger partial charge on any atom is -0.488 e. The summed E-state index contributed by atoms with van der Waals surface area (Å²) in [6, 6.07) is 9.57. The molecule has 1 N–H and O–H groups in total. The van der Waals surface area contributed by atoms with Crippen molar-refractivity contribution < 1.29 is 14.6 Å². The third-order valence-electron chi connectivity index (χ3n) is 3.21. The summed E-state index contributed by atoms with van der Waals surface area (Å²) in [6.45, 7) is 0.628. The first-order chi connectivity index (χ1) is 9.13. The molecule has 0 saturated heterocycles. The molecule has 2 aromatic rings. The maximum Gasteiger partial charge on any atom is 0.337 e. The average molecular weight is 322 g/mol. The standard InChI is InChI=1S/C14H12BrNO3/c15-13-6-10(14(17)18)7-16(13)8-11-5-9-3-1-2-4-12(9)19-11/h1-4,6-7,11H,5,8H2,(H,17,18). The van der Waals surface area contributed by atoms with Crippen molar-refractivity contribution in [2.45, 2.75) is 19.1 Å². The Morgan fingerprint density at radius 2 is 2.26 bits per heavy atom. The summed E-state index contributed by atoms with van der Waals surface area (Å²) in [6.07, 6.45) is 2.52. The van der Waals surface area contributed by atoms with Crippen LogP contribution in [0, 0.1) is 0 Å². The van der Waals surface area contributed by atoms with Gasteiger partial charge in [-0.3, -0.25) is 0 Å². The number of nitrogens with zero attached hydrogens (tertiary/aromatic N) is 1. The molecule has 0 spiro atoms. The number of carbonyl (C=O) groups is 1. The maximum absolute atomic E-state index is 10.9. The molecule has 1 aromatic carbocycles. The molecule has 0 aliphatic carbocycles. The van der Waals surface area contributed by atoms with E-state index in [1.807, 2.05) is 22.8 Å². The van der Waals surface area contributed by atoms with E-state index in [1.165, 1.54) is 5.56 Å². The predicted molar refractivity (Wildman–Crippen MR) is 73.7 cm³/mol. The highest BCUT2D eigenvalue weighted by molar-refractivity contribution is 9.10. The second-order valence-electron chi connectivity index (χ2n) is 4.56. The minimum absolute atomic E-state index is 0.0442. The van der Waals surface area contributed by atoms with Crippen molar-refractivity contribution in [3.8, 4) is 5.75 Å². The summed E-state index contributed by atoms with van der Waals surface area (Å²) in [5.41, 5.74) is 1.48. The summed E-state index contributed by atoms with van der Waals surface area (Å²) in [5.74, 6) is 0.00399. The SMILES string of the molecule is O=C(O)c1cc(Br)n(CC2Cc3ccccc3O2)c1. The molecule has 1 unspecified atom stereocenters. The van der Waals surface area contributed by atoms with Crippen molar-refractivity contribution in [1.82, 2.24) is 4.57 Å². The first-order valence-electron chi connectivity index (χ1n) is 5.97. The fourth-order valence-electron chi connectivity index (χ4n) is 2.31. The molecule has 98 valence electrons. The van der Waals surface area contributed by atoms with Gasteiger partial charge in [-0.25, -0.2) is 4.79 Å². The number of aromatic nitrogens is 1. The Balaban J connectivity index is 1.76. The third-order valence-corrected chi connectivity index (χ3v) is 3.89. The van der Waals surface area contributed by atoms with Gasteiger partial charge in [-0.05, 0) is 33.6 Å². The van der Waals surface area contributed by atoms with E-state index in [-0.39, 0.29) is 11.7 Å². The van der Waals surface area contributed by atoms with E-state index < -0.39 is 5.97 Å². The lowest BCUT2D eigenvalue weighted by atomic mass is 10.1. The smallest absolute Gasteiger partial charge is 0.337 e. The zero-order valence-corrected chi connectivity index (χ0v) is 11.6. The second-order valence-corrected chi connectivity index (χ2v) is 5.37. The normalized spacial score (nSPS) is 17.0. The summed E-state index contributed by atoms with van der Waals surface area (Å²) < 4.78 is 8.46. The molecule has 0 amide bonds. The summed E-state index contributed by atoms with van der Waals surface area (Å²) >= 11 is 3.37. The van der Waals surface area contributed by atoms with Gasteiger partial charge in [-0.15, -0.1) is 0 Å². The maximum atomic E-state index is 10.9. The number of ether oxygens (including phenoxy) is 1. The number of halogens is 1. The van der Waals surface area contributed by atoms with E-state index >= 15 is 0 Å².